The minimum Gasteiger partial charge on any atom is -0.545 e. The fourth-order valence-corrected chi connectivity index (χ4v) is 6.34. The number of carboxylic acids is 1. The third-order valence-corrected chi connectivity index (χ3v) is 8.82. The van der Waals surface area contributed by atoms with E-state index in [1.54, 1.807) is 12.1 Å². The van der Waals surface area contributed by atoms with Crippen LogP contribution in [0.25, 0.3) is 0 Å². The Hall–Kier alpha value is -2.67. The van der Waals surface area contributed by atoms with Crippen molar-refractivity contribution in [2.24, 2.45) is 0 Å². The van der Waals surface area contributed by atoms with E-state index < -0.39 is 26.0 Å². The van der Waals surface area contributed by atoms with E-state index in [1.165, 1.54) is 35.7 Å². The van der Waals surface area contributed by atoms with Gasteiger partial charge in [-0.2, -0.15) is 8.61 Å². The Balaban J connectivity index is 1.79. The van der Waals surface area contributed by atoms with Gasteiger partial charge in [-0.3, -0.25) is 0 Å². The molecule has 1 aliphatic heterocycles. The second-order valence-corrected chi connectivity index (χ2v) is 10.7. The zero-order valence-corrected chi connectivity index (χ0v) is 19.2. The lowest BCUT2D eigenvalue weighted by atomic mass is 10.2. The van der Waals surface area contributed by atoms with Crippen LogP contribution in [0.5, 0.6) is 11.5 Å². The maximum atomic E-state index is 13.1. The fourth-order valence-electron chi connectivity index (χ4n) is 3.32. The molecule has 0 aliphatic carbocycles. The zero-order chi connectivity index (χ0) is 23.5. The topological polar surface area (TPSA) is 133 Å². The SMILES string of the molecule is CCOc1ccc(S(=O)(=O)N2CCN(S(=O)(=O)c3cc(C(=O)[O-])ccc3OC)CC2)cc1. The maximum Gasteiger partial charge on any atom is 0.246 e. The van der Waals surface area contributed by atoms with E-state index in [9.17, 15) is 26.7 Å². The van der Waals surface area contributed by atoms with E-state index in [2.05, 4.69) is 0 Å². The molecule has 0 bridgehead atoms. The predicted octanol–water partition coefficient (Wildman–Crippen LogP) is 0.153. The van der Waals surface area contributed by atoms with Gasteiger partial charge in [0, 0.05) is 26.2 Å². The summed E-state index contributed by atoms with van der Waals surface area (Å²) < 4.78 is 64.8. The number of methoxy groups -OCH3 is 1. The lowest BCUT2D eigenvalue weighted by Crippen LogP contribution is -2.50. The lowest BCUT2D eigenvalue weighted by Gasteiger charge is -2.33. The first-order valence-corrected chi connectivity index (χ1v) is 12.6. The van der Waals surface area contributed by atoms with Gasteiger partial charge in [0.2, 0.25) is 20.0 Å². The molecule has 10 nitrogen and oxygen atoms in total. The first kappa shape index (κ1) is 24.0. The summed E-state index contributed by atoms with van der Waals surface area (Å²) in [5.41, 5.74) is -0.305. The van der Waals surface area contributed by atoms with E-state index in [0.717, 1.165) is 10.4 Å². The van der Waals surface area contributed by atoms with Crippen molar-refractivity contribution in [1.29, 1.82) is 0 Å². The largest absolute Gasteiger partial charge is 0.545 e. The summed E-state index contributed by atoms with van der Waals surface area (Å²) in [5.74, 6) is -0.982. The molecule has 0 atom stereocenters. The number of ether oxygens (including phenoxy) is 2. The van der Waals surface area contributed by atoms with Crippen LogP contribution in [0.2, 0.25) is 0 Å². The van der Waals surface area contributed by atoms with E-state index in [-0.39, 0.29) is 47.3 Å². The first-order valence-electron chi connectivity index (χ1n) is 9.73. The van der Waals surface area contributed by atoms with Crippen LogP contribution in [0.4, 0.5) is 0 Å². The monoisotopic (exact) mass is 483 g/mol. The summed E-state index contributed by atoms with van der Waals surface area (Å²) >= 11 is 0. The molecule has 2 aromatic carbocycles. The zero-order valence-electron chi connectivity index (χ0n) is 17.6. The van der Waals surface area contributed by atoms with Gasteiger partial charge in [0.05, 0.1) is 24.6 Å². The molecule has 1 fully saturated rings. The molecule has 1 heterocycles. The van der Waals surface area contributed by atoms with Gasteiger partial charge in [-0.05, 0) is 55.0 Å². The highest BCUT2D eigenvalue weighted by Crippen LogP contribution is 2.29. The number of hydrogen-bond donors (Lipinski definition) is 0. The van der Waals surface area contributed by atoms with Gasteiger partial charge in [-0.1, -0.05) is 0 Å². The average molecular weight is 484 g/mol. The summed E-state index contributed by atoms with van der Waals surface area (Å²) in [6.45, 7) is 1.96. The van der Waals surface area contributed by atoms with Crippen molar-refractivity contribution in [3.63, 3.8) is 0 Å². The highest BCUT2D eigenvalue weighted by molar-refractivity contribution is 7.89. The molecular formula is C20H23N2O8S2-. The number of benzene rings is 2. The van der Waals surface area contributed by atoms with Gasteiger partial charge in [-0.25, -0.2) is 16.8 Å². The predicted molar refractivity (Wildman–Crippen MR) is 112 cm³/mol. The van der Waals surface area contributed by atoms with Crippen LogP contribution in [0.3, 0.4) is 0 Å². The fraction of sp³-hybridized carbons (Fsp3) is 0.350. The number of carbonyl (C=O) groups excluding carboxylic acids is 1. The van der Waals surface area contributed by atoms with Gasteiger partial charge in [0.25, 0.3) is 0 Å². The first-order chi connectivity index (χ1) is 15.1. The van der Waals surface area contributed by atoms with Gasteiger partial charge in [-0.15, -0.1) is 0 Å². The molecule has 0 saturated carbocycles. The van der Waals surface area contributed by atoms with Gasteiger partial charge < -0.3 is 19.4 Å². The molecule has 0 spiro atoms. The summed E-state index contributed by atoms with van der Waals surface area (Å²) in [4.78, 5) is 10.9. The highest BCUT2D eigenvalue weighted by atomic mass is 32.2. The number of hydrogen-bond acceptors (Lipinski definition) is 8. The Labute approximate surface area is 187 Å². The van der Waals surface area contributed by atoms with Crippen LogP contribution < -0.4 is 14.6 Å². The minimum absolute atomic E-state index is 0.0144. The average Bonchev–Trinajstić information content (AvgIpc) is 2.79. The van der Waals surface area contributed by atoms with E-state index >= 15 is 0 Å². The van der Waals surface area contributed by atoms with Gasteiger partial charge in [0.1, 0.15) is 16.4 Å². The van der Waals surface area contributed by atoms with Crippen LogP contribution in [-0.4, -0.2) is 71.3 Å². The smallest absolute Gasteiger partial charge is 0.246 e. The Kier molecular flexibility index (Phi) is 7.08. The molecule has 1 aliphatic rings. The molecule has 0 amide bonds. The van der Waals surface area contributed by atoms with Crippen molar-refractivity contribution in [3.8, 4) is 11.5 Å². The molecule has 0 unspecified atom stereocenters. The van der Waals surface area contributed by atoms with Gasteiger partial charge in [0.15, 0.2) is 0 Å². The van der Waals surface area contributed by atoms with E-state index in [4.69, 9.17) is 9.47 Å². The van der Waals surface area contributed by atoms with Crippen molar-refractivity contribution >= 4 is 26.0 Å². The van der Waals surface area contributed by atoms with E-state index in [1.807, 2.05) is 6.92 Å². The quantitative estimate of drug-likeness (QED) is 0.518. The Morgan fingerprint density at radius 1 is 0.938 bits per heavy atom. The third kappa shape index (κ3) is 4.72. The summed E-state index contributed by atoms with van der Waals surface area (Å²) in [7, 11) is -6.67. The maximum absolute atomic E-state index is 13.1. The number of carbonyl (C=O) groups is 1. The molecule has 0 radical (unpaired) electrons. The Bertz CT molecular complexity index is 1190. The van der Waals surface area contributed by atoms with Crippen molar-refractivity contribution in [2.45, 2.75) is 16.7 Å². The highest BCUT2D eigenvalue weighted by Gasteiger charge is 2.35. The number of nitrogens with zero attached hydrogens (tertiary/aromatic N) is 2. The van der Waals surface area contributed by atoms with Gasteiger partial charge >= 0.3 is 0 Å². The number of piperazine rings is 1. The van der Waals surface area contributed by atoms with Crippen molar-refractivity contribution in [2.75, 3.05) is 39.9 Å². The van der Waals surface area contributed by atoms with Crippen LogP contribution in [0, 0.1) is 0 Å². The molecule has 2 aromatic rings. The number of rotatable bonds is 8. The molecule has 0 N–H and O–H groups in total. The normalized spacial score (nSPS) is 15.9. The van der Waals surface area contributed by atoms with Crippen LogP contribution >= 0.6 is 0 Å². The second-order valence-electron chi connectivity index (χ2n) is 6.87. The van der Waals surface area contributed by atoms with Crippen LogP contribution in [0.1, 0.15) is 17.3 Å². The molecule has 174 valence electrons. The van der Waals surface area contributed by atoms with Crippen LogP contribution in [0.15, 0.2) is 52.3 Å². The molecule has 0 aromatic heterocycles. The summed E-state index contributed by atoms with van der Waals surface area (Å²) in [5, 5.41) is 11.2. The second kappa shape index (κ2) is 9.45. The summed E-state index contributed by atoms with van der Waals surface area (Å²) in [6, 6.07) is 9.42. The van der Waals surface area contributed by atoms with Crippen molar-refractivity contribution in [1.82, 2.24) is 8.61 Å². The molecule has 1 saturated heterocycles. The Morgan fingerprint density at radius 2 is 1.50 bits per heavy atom. The Morgan fingerprint density at radius 3 is 2.00 bits per heavy atom. The minimum atomic E-state index is -4.13. The number of carboxylic acid groups (broad SMARTS) is 1. The lowest BCUT2D eigenvalue weighted by molar-refractivity contribution is -0.255. The number of aromatic carboxylic acids is 1. The molecular weight excluding hydrogens is 460 g/mol. The van der Waals surface area contributed by atoms with Crippen molar-refractivity contribution in [3.05, 3.63) is 48.0 Å². The van der Waals surface area contributed by atoms with Crippen LogP contribution in [-0.2, 0) is 20.0 Å². The summed E-state index contributed by atoms with van der Waals surface area (Å²) in [6.07, 6.45) is 0. The van der Waals surface area contributed by atoms with Crippen molar-refractivity contribution < 1.29 is 36.2 Å². The molecule has 3 rings (SSSR count). The molecule has 32 heavy (non-hydrogen) atoms. The standard InChI is InChI=1S/C20H24N2O8S2/c1-3-30-16-5-7-17(8-6-16)31(25,26)21-10-12-22(13-11-21)32(27,28)19-14-15(20(23)24)4-9-18(19)29-2/h4-9,14H,3,10-13H2,1-2H3,(H,23,24)/p-1. The molecule has 12 heteroatoms. The van der Waals surface area contributed by atoms with E-state index in [0.29, 0.717) is 12.4 Å². The number of sulfonamides is 2. The third-order valence-electron chi connectivity index (χ3n) is 4.99.